The number of carbonyl (C=O) groups is 2. The zero-order valence-corrected chi connectivity index (χ0v) is 38.6. The van der Waals surface area contributed by atoms with Crippen molar-refractivity contribution in [2.75, 3.05) is 47.5 Å². The summed E-state index contributed by atoms with van der Waals surface area (Å²) in [4.78, 5) is 37.6. The van der Waals surface area contributed by atoms with Crippen molar-refractivity contribution < 1.29 is 42.1 Å². The van der Waals surface area contributed by atoms with Crippen LogP contribution in [0.4, 0.5) is 0 Å². The molecule has 336 valence electrons. The molecule has 0 aromatic rings. The van der Waals surface area contributed by atoms with E-state index >= 15 is 0 Å². The Kier molecular flexibility index (Phi) is 38.5. The molecular formula is C48H86NO8P. The predicted octanol–water partition coefficient (Wildman–Crippen LogP) is 12.6. The van der Waals surface area contributed by atoms with E-state index in [9.17, 15) is 19.0 Å². The molecule has 2 atom stereocenters. The van der Waals surface area contributed by atoms with E-state index < -0.39 is 32.5 Å². The molecule has 0 N–H and O–H groups in total. The zero-order chi connectivity index (χ0) is 42.8. The van der Waals surface area contributed by atoms with Crippen LogP contribution in [-0.4, -0.2) is 70.0 Å². The van der Waals surface area contributed by atoms with Crippen molar-refractivity contribution in [3.05, 3.63) is 60.8 Å². The van der Waals surface area contributed by atoms with E-state index in [2.05, 4.69) is 68.5 Å². The molecule has 1 unspecified atom stereocenters. The van der Waals surface area contributed by atoms with Crippen LogP contribution in [0.5, 0.6) is 0 Å². The summed E-state index contributed by atoms with van der Waals surface area (Å²) in [5, 5.41) is 0. The smallest absolute Gasteiger partial charge is 0.306 e. The fraction of sp³-hybridized carbons (Fsp3) is 0.750. The van der Waals surface area contributed by atoms with Crippen LogP contribution in [0.15, 0.2) is 60.8 Å². The van der Waals surface area contributed by atoms with Gasteiger partial charge in [0.1, 0.15) is 19.8 Å². The zero-order valence-electron chi connectivity index (χ0n) is 37.7. The maximum Gasteiger partial charge on any atom is 0.306 e. The van der Waals surface area contributed by atoms with Crippen LogP contribution in [0.2, 0.25) is 0 Å². The van der Waals surface area contributed by atoms with E-state index in [1.165, 1.54) is 89.9 Å². The number of rotatable bonds is 41. The van der Waals surface area contributed by atoms with Gasteiger partial charge in [0.15, 0.2) is 6.10 Å². The van der Waals surface area contributed by atoms with E-state index in [0.717, 1.165) is 44.9 Å². The van der Waals surface area contributed by atoms with E-state index in [1.54, 1.807) is 0 Å². The highest BCUT2D eigenvalue weighted by Gasteiger charge is 2.21. The molecule has 0 aliphatic rings. The summed E-state index contributed by atoms with van der Waals surface area (Å²) in [5.41, 5.74) is 0. The number of hydrogen-bond donors (Lipinski definition) is 0. The number of allylic oxidation sites excluding steroid dienone is 10. The maximum absolute atomic E-state index is 12.7. The molecule has 58 heavy (non-hydrogen) atoms. The van der Waals surface area contributed by atoms with Crippen molar-refractivity contribution >= 4 is 19.8 Å². The molecule has 0 radical (unpaired) electrons. The van der Waals surface area contributed by atoms with Gasteiger partial charge in [-0.2, -0.15) is 0 Å². The largest absolute Gasteiger partial charge is 0.756 e. The number of phosphoric ester groups is 1. The van der Waals surface area contributed by atoms with Gasteiger partial charge < -0.3 is 27.9 Å². The minimum atomic E-state index is -4.64. The molecule has 0 spiro atoms. The standard InChI is InChI=1S/C48H86NO8P/c1-6-8-10-12-14-16-18-20-22-24-26-28-30-32-34-36-38-40-47(50)54-44-46(45-56-58(52,53)55-43-42-49(3,4)5)57-48(51)41-39-37-35-33-31-29-27-25-23-21-19-17-15-13-11-9-7-2/h15,17,20-23,27,29,33,35,46H,6-14,16,18-19,24-26,28,30-32,34,36-45H2,1-5H3/b17-15+,22-20+,23-21+,29-27+,35-33+/t46-/m1/s1. The first-order valence-corrected chi connectivity index (χ1v) is 24.5. The molecule has 0 aromatic heterocycles. The average Bonchev–Trinajstić information content (AvgIpc) is 3.17. The third kappa shape index (κ3) is 43.3. The van der Waals surface area contributed by atoms with Gasteiger partial charge in [0.2, 0.25) is 0 Å². The summed E-state index contributed by atoms with van der Waals surface area (Å²) < 4.78 is 33.9. The fourth-order valence-corrected chi connectivity index (χ4v) is 6.60. The van der Waals surface area contributed by atoms with Crippen LogP contribution in [0.1, 0.15) is 181 Å². The van der Waals surface area contributed by atoms with Crippen LogP contribution in [0, 0.1) is 0 Å². The first-order valence-electron chi connectivity index (χ1n) is 23.0. The van der Waals surface area contributed by atoms with Gasteiger partial charge in [-0.1, -0.05) is 152 Å². The van der Waals surface area contributed by atoms with Crippen molar-refractivity contribution in [3.8, 4) is 0 Å². The molecule has 0 rings (SSSR count). The maximum atomic E-state index is 12.7. The molecule has 0 saturated carbocycles. The van der Waals surface area contributed by atoms with Gasteiger partial charge >= 0.3 is 11.9 Å². The molecule has 10 heteroatoms. The first-order chi connectivity index (χ1) is 28.0. The SMILES string of the molecule is CCCCC/C=C/C/C=C/C/C=C/C/C=C/CCCC(=O)O[C@H](COC(=O)CCCCCCCCC/C=C/CCCCCCCC)COP(=O)([O-])OCC[N+](C)(C)C. The summed E-state index contributed by atoms with van der Waals surface area (Å²) in [6.45, 7) is 4.12. The Hall–Kier alpha value is -2.29. The van der Waals surface area contributed by atoms with Crippen molar-refractivity contribution in [1.29, 1.82) is 0 Å². The summed E-state index contributed by atoms with van der Waals surface area (Å²) in [5.74, 6) is -0.907. The minimum absolute atomic E-state index is 0.0437. The number of ether oxygens (including phenoxy) is 2. The Labute approximate surface area is 356 Å². The molecule has 0 aromatic carbocycles. The normalized spacial score (nSPS) is 14.1. The molecule has 0 aliphatic heterocycles. The molecular weight excluding hydrogens is 750 g/mol. The lowest BCUT2D eigenvalue weighted by atomic mass is 10.1. The minimum Gasteiger partial charge on any atom is -0.756 e. The van der Waals surface area contributed by atoms with E-state index in [4.69, 9.17) is 18.5 Å². The van der Waals surface area contributed by atoms with Gasteiger partial charge in [0, 0.05) is 12.8 Å². The van der Waals surface area contributed by atoms with Gasteiger partial charge in [0.25, 0.3) is 7.82 Å². The lowest BCUT2D eigenvalue weighted by Gasteiger charge is -2.28. The van der Waals surface area contributed by atoms with E-state index in [1.807, 2.05) is 27.2 Å². The van der Waals surface area contributed by atoms with Crippen LogP contribution < -0.4 is 4.89 Å². The van der Waals surface area contributed by atoms with Crippen molar-refractivity contribution in [2.24, 2.45) is 0 Å². The topological polar surface area (TPSA) is 111 Å². The number of likely N-dealkylation sites (N-methyl/N-ethyl adjacent to an activating group) is 1. The molecule has 9 nitrogen and oxygen atoms in total. The van der Waals surface area contributed by atoms with Crippen LogP contribution in [-0.2, 0) is 32.7 Å². The lowest BCUT2D eigenvalue weighted by molar-refractivity contribution is -0.870. The molecule has 0 saturated heterocycles. The fourth-order valence-electron chi connectivity index (χ4n) is 5.88. The first kappa shape index (κ1) is 55.7. The van der Waals surface area contributed by atoms with Crippen LogP contribution >= 0.6 is 7.82 Å². The monoisotopic (exact) mass is 836 g/mol. The van der Waals surface area contributed by atoms with Crippen molar-refractivity contribution in [3.63, 3.8) is 0 Å². The summed E-state index contributed by atoms with van der Waals surface area (Å²) >= 11 is 0. The Morgan fingerprint density at radius 2 is 0.948 bits per heavy atom. The summed E-state index contributed by atoms with van der Waals surface area (Å²) in [6, 6.07) is 0. The number of nitrogens with zero attached hydrogens (tertiary/aromatic N) is 1. The highest BCUT2D eigenvalue weighted by molar-refractivity contribution is 7.45. The molecule has 0 amide bonds. The van der Waals surface area contributed by atoms with Gasteiger partial charge in [0.05, 0.1) is 27.7 Å². The Morgan fingerprint density at radius 1 is 0.534 bits per heavy atom. The second-order valence-electron chi connectivity index (χ2n) is 16.4. The van der Waals surface area contributed by atoms with E-state index in [0.29, 0.717) is 30.3 Å². The third-order valence-electron chi connectivity index (χ3n) is 9.51. The van der Waals surface area contributed by atoms with Crippen LogP contribution in [0.25, 0.3) is 0 Å². The number of carbonyl (C=O) groups excluding carboxylic acids is 2. The van der Waals surface area contributed by atoms with Gasteiger partial charge in [-0.25, -0.2) is 0 Å². The molecule has 0 aliphatic carbocycles. The van der Waals surface area contributed by atoms with Gasteiger partial charge in [-0.15, -0.1) is 0 Å². The van der Waals surface area contributed by atoms with E-state index in [-0.39, 0.29) is 26.1 Å². The number of quaternary nitrogens is 1. The molecule has 0 heterocycles. The lowest BCUT2D eigenvalue weighted by Crippen LogP contribution is -2.37. The highest BCUT2D eigenvalue weighted by atomic mass is 31.2. The molecule has 0 bridgehead atoms. The van der Waals surface area contributed by atoms with Crippen LogP contribution in [0.3, 0.4) is 0 Å². The Morgan fingerprint density at radius 3 is 1.48 bits per heavy atom. The number of esters is 2. The van der Waals surface area contributed by atoms with Crippen molar-refractivity contribution in [1.82, 2.24) is 0 Å². The number of phosphoric acid groups is 1. The Balaban J connectivity index is 4.44. The average molecular weight is 836 g/mol. The van der Waals surface area contributed by atoms with Gasteiger partial charge in [-0.05, 0) is 77.0 Å². The summed E-state index contributed by atoms with van der Waals surface area (Å²) in [6.07, 6.45) is 48.2. The second kappa shape index (κ2) is 40.1. The molecule has 0 fully saturated rings. The highest BCUT2D eigenvalue weighted by Crippen LogP contribution is 2.38. The number of hydrogen-bond acceptors (Lipinski definition) is 8. The quantitative estimate of drug-likeness (QED) is 0.0197. The second-order valence-corrected chi connectivity index (χ2v) is 17.8. The predicted molar refractivity (Wildman–Crippen MR) is 240 cm³/mol. The number of unbranched alkanes of at least 4 members (excludes halogenated alkanes) is 17. The summed E-state index contributed by atoms with van der Waals surface area (Å²) in [7, 11) is 1.12. The van der Waals surface area contributed by atoms with Gasteiger partial charge in [-0.3, -0.25) is 14.2 Å². The Bertz CT molecular complexity index is 1170. The third-order valence-corrected chi connectivity index (χ3v) is 10.5. The van der Waals surface area contributed by atoms with Crippen molar-refractivity contribution in [2.45, 2.75) is 187 Å².